The third-order valence-electron chi connectivity index (χ3n) is 3.44. The van der Waals surface area contributed by atoms with E-state index in [0.717, 1.165) is 32.1 Å². The Balaban J connectivity index is 2.07. The van der Waals surface area contributed by atoms with E-state index in [4.69, 9.17) is 19.3 Å². The van der Waals surface area contributed by atoms with Crippen molar-refractivity contribution in [2.45, 2.75) is 12.8 Å². The molecule has 0 saturated carbocycles. The van der Waals surface area contributed by atoms with Crippen LogP contribution in [0, 0.1) is 5.92 Å². The third-order valence-corrected chi connectivity index (χ3v) is 3.44. The van der Waals surface area contributed by atoms with Gasteiger partial charge in [0, 0.05) is 24.9 Å². The normalized spacial score (nSPS) is 16.0. The number of benzene rings is 1. The summed E-state index contributed by atoms with van der Waals surface area (Å²) in [6.07, 6.45) is 4.60. The molecule has 0 spiro atoms. The molecule has 0 atom stereocenters. The fourth-order valence-corrected chi connectivity index (χ4v) is 2.20. The van der Waals surface area contributed by atoms with Crippen molar-refractivity contribution >= 4 is 12.0 Å². The summed E-state index contributed by atoms with van der Waals surface area (Å²) < 4.78 is 16.3. The zero-order chi connectivity index (χ0) is 15.1. The minimum absolute atomic E-state index is 0.483. The molecule has 0 unspecified atom stereocenters. The number of hydrogen-bond acceptors (Lipinski definition) is 4. The highest BCUT2D eigenvalue weighted by molar-refractivity contribution is 5.86. The van der Waals surface area contributed by atoms with Gasteiger partial charge in [-0.3, -0.25) is 0 Å². The molecule has 5 nitrogen and oxygen atoms in total. The van der Waals surface area contributed by atoms with Crippen LogP contribution in [0.25, 0.3) is 6.08 Å². The highest BCUT2D eigenvalue weighted by atomic mass is 16.5. The standard InChI is InChI=1S/C16H20O5/c1-19-14-3-4-15(13(10-14)2-5-16(17)18)21-11-12-6-8-20-9-7-12/h2-5,10,12H,6-9,11H2,1H3,(H,17,18). The molecule has 0 amide bonds. The van der Waals surface area contributed by atoms with Gasteiger partial charge in [-0.1, -0.05) is 0 Å². The van der Waals surface area contributed by atoms with Gasteiger partial charge in [0.2, 0.25) is 0 Å². The van der Waals surface area contributed by atoms with Crippen LogP contribution in [0.15, 0.2) is 24.3 Å². The van der Waals surface area contributed by atoms with Crippen LogP contribution in [0.5, 0.6) is 11.5 Å². The van der Waals surface area contributed by atoms with Crippen molar-refractivity contribution in [2.75, 3.05) is 26.9 Å². The van der Waals surface area contributed by atoms with Crippen molar-refractivity contribution in [3.63, 3.8) is 0 Å². The zero-order valence-electron chi connectivity index (χ0n) is 12.1. The molecule has 1 aromatic carbocycles. The van der Waals surface area contributed by atoms with E-state index < -0.39 is 5.97 Å². The molecule has 1 fully saturated rings. The van der Waals surface area contributed by atoms with Gasteiger partial charge in [-0.2, -0.15) is 0 Å². The van der Waals surface area contributed by atoms with E-state index in [1.165, 1.54) is 6.08 Å². The van der Waals surface area contributed by atoms with E-state index >= 15 is 0 Å². The minimum Gasteiger partial charge on any atom is -0.497 e. The molecule has 1 heterocycles. The van der Waals surface area contributed by atoms with Crippen molar-refractivity contribution in [2.24, 2.45) is 5.92 Å². The molecule has 21 heavy (non-hydrogen) atoms. The predicted molar refractivity (Wildman–Crippen MR) is 78.7 cm³/mol. The van der Waals surface area contributed by atoms with Crippen LogP contribution in [0.2, 0.25) is 0 Å². The number of methoxy groups -OCH3 is 1. The number of carboxylic acid groups (broad SMARTS) is 1. The monoisotopic (exact) mass is 292 g/mol. The molecule has 2 rings (SSSR count). The van der Waals surface area contributed by atoms with Crippen molar-refractivity contribution in [1.82, 2.24) is 0 Å². The van der Waals surface area contributed by atoms with Crippen LogP contribution in [-0.2, 0) is 9.53 Å². The second kappa shape index (κ2) is 7.69. The van der Waals surface area contributed by atoms with E-state index in [-0.39, 0.29) is 0 Å². The Kier molecular flexibility index (Phi) is 5.63. The topological polar surface area (TPSA) is 65.0 Å². The Morgan fingerprint density at radius 2 is 2.19 bits per heavy atom. The Bertz CT molecular complexity index is 503. The smallest absolute Gasteiger partial charge is 0.328 e. The van der Waals surface area contributed by atoms with Gasteiger partial charge in [0.15, 0.2) is 0 Å². The lowest BCUT2D eigenvalue weighted by molar-refractivity contribution is -0.131. The first kappa shape index (κ1) is 15.4. The summed E-state index contributed by atoms with van der Waals surface area (Å²) in [5.74, 6) is 0.823. The molecule has 0 aliphatic carbocycles. The molecule has 1 aromatic rings. The molecule has 114 valence electrons. The number of aliphatic carboxylic acids is 1. The number of carbonyl (C=O) groups is 1. The summed E-state index contributed by atoms with van der Waals surface area (Å²) in [5.41, 5.74) is 0.698. The highest BCUT2D eigenvalue weighted by Crippen LogP contribution is 2.27. The lowest BCUT2D eigenvalue weighted by Gasteiger charge is -2.22. The fourth-order valence-electron chi connectivity index (χ4n) is 2.20. The van der Waals surface area contributed by atoms with Gasteiger partial charge in [0.05, 0.1) is 13.7 Å². The van der Waals surface area contributed by atoms with Gasteiger partial charge in [0.25, 0.3) is 0 Å². The maximum absolute atomic E-state index is 10.7. The summed E-state index contributed by atoms with van der Waals surface area (Å²) in [5, 5.41) is 8.75. The van der Waals surface area contributed by atoms with Gasteiger partial charge in [-0.05, 0) is 43.0 Å². The quantitative estimate of drug-likeness (QED) is 0.816. The fraction of sp³-hybridized carbons (Fsp3) is 0.438. The summed E-state index contributed by atoms with van der Waals surface area (Å²) in [7, 11) is 1.57. The number of carboxylic acids is 1. The summed E-state index contributed by atoms with van der Waals surface area (Å²) in [6, 6.07) is 5.37. The van der Waals surface area contributed by atoms with E-state index in [1.807, 2.05) is 0 Å². The first-order valence-electron chi connectivity index (χ1n) is 6.98. The van der Waals surface area contributed by atoms with Gasteiger partial charge in [0.1, 0.15) is 11.5 Å². The van der Waals surface area contributed by atoms with E-state index in [1.54, 1.807) is 25.3 Å². The maximum atomic E-state index is 10.7. The zero-order valence-corrected chi connectivity index (χ0v) is 12.1. The number of hydrogen-bond donors (Lipinski definition) is 1. The molecule has 1 N–H and O–H groups in total. The maximum Gasteiger partial charge on any atom is 0.328 e. The lowest BCUT2D eigenvalue weighted by atomic mass is 10.0. The molecule has 1 aliphatic heterocycles. The average molecular weight is 292 g/mol. The van der Waals surface area contributed by atoms with Gasteiger partial charge in [-0.25, -0.2) is 4.79 Å². The Morgan fingerprint density at radius 3 is 2.86 bits per heavy atom. The van der Waals surface area contributed by atoms with E-state index in [0.29, 0.717) is 29.6 Å². The minimum atomic E-state index is -0.992. The summed E-state index contributed by atoms with van der Waals surface area (Å²) in [6.45, 7) is 2.18. The Morgan fingerprint density at radius 1 is 1.43 bits per heavy atom. The Labute approximate surface area is 124 Å². The number of ether oxygens (including phenoxy) is 3. The van der Waals surface area contributed by atoms with Crippen LogP contribution < -0.4 is 9.47 Å². The average Bonchev–Trinajstić information content (AvgIpc) is 2.52. The van der Waals surface area contributed by atoms with Crippen LogP contribution in [-0.4, -0.2) is 38.0 Å². The molecule has 0 bridgehead atoms. The molecule has 1 saturated heterocycles. The number of rotatable bonds is 6. The second-order valence-corrected chi connectivity index (χ2v) is 4.94. The van der Waals surface area contributed by atoms with Crippen molar-refractivity contribution in [1.29, 1.82) is 0 Å². The van der Waals surface area contributed by atoms with Crippen LogP contribution in [0.3, 0.4) is 0 Å². The van der Waals surface area contributed by atoms with Crippen LogP contribution in [0.4, 0.5) is 0 Å². The molecule has 5 heteroatoms. The summed E-state index contributed by atoms with van der Waals surface area (Å²) >= 11 is 0. The van der Waals surface area contributed by atoms with Crippen molar-refractivity contribution in [3.05, 3.63) is 29.8 Å². The van der Waals surface area contributed by atoms with Gasteiger partial charge >= 0.3 is 5.97 Å². The van der Waals surface area contributed by atoms with Crippen LogP contribution in [0.1, 0.15) is 18.4 Å². The van der Waals surface area contributed by atoms with Crippen molar-refractivity contribution < 1.29 is 24.1 Å². The molecule has 1 aliphatic rings. The molecule has 0 aromatic heterocycles. The summed E-state index contributed by atoms with van der Waals surface area (Å²) in [4.78, 5) is 10.7. The van der Waals surface area contributed by atoms with Crippen molar-refractivity contribution in [3.8, 4) is 11.5 Å². The Hall–Kier alpha value is -2.01. The molecule has 0 radical (unpaired) electrons. The third kappa shape index (κ3) is 4.79. The largest absolute Gasteiger partial charge is 0.497 e. The second-order valence-electron chi connectivity index (χ2n) is 4.94. The molecular weight excluding hydrogens is 272 g/mol. The lowest BCUT2D eigenvalue weighted by Crippen LogP contribution is -2.21. The predicted octanol–water partition coefficient (Wildman–Crippen LogP) is 2.60. The molecular formula is C16H20O5. The van der Waals surface area contributed by atoms with Gasteiger partial charge < -0.3 is 19.3 Å². The first-order valence-corrected chi connectivity index (χ1v) is 6.98. The van der Waals surface area contributed by atoms with Gasteiger partial charge in [-0.15, -0.1) is 0 Å². The first-order chi connectivity index (χ1) is 10.2. The van der Waals surface area contributed by atoms with Crippen LogP contribution >= 0.6 is 0 Å². The van der Waals surface area contributed by atoms with E-state index in [2.05, 4.69) is 0 Å². The highest BCUT2D eigenvalue weighted by Gasteiger charge is 2.15. The SMILES string of the molecule is COc1ccc(OCC2CCOCC2)c(C=CC(=O)O)c1. The van der Waals surface area contributed by atoms with E-state index in [9.17, 15) is 4.79 Å².